The summed E-state index contributed by atoms with van der Waals surface area (Å²) in [5.41, 5.74) is 5.44. The van der Waals surface area contributed by atoms with Crippen molar-refractivity contribution in [1.82, 2.24) is 30.8 Å². The van der Waals surface area contributed by atoms with E-state index in [0.717, 1.165) is 12.1 Å². The van der Waals surface area contributed by atoms with Crippen LogP contribution in [0.1, 0.15) is 41.9 Å². The molecule has 13 nitrogen and oxygen atoms in total. The predicted molar refractivity (Wildman–Crippen MR) is 136 cm³/mol. The van der Waals surface area contributed by atoms with Crippen LogP contribution in [0.5, 0.6) is 0 Å². The van der Waals surface area contributed by atoms with Crippen molar-refractivity contribution in [3.8, 4) is 6.07 Å². The number of amides is 5. The van der Waals surface area contributed by atoms with Crippen LogP contribution in [0, 0.1) is 23.1 Å². The first kappa shape index (κ1) is 30.4. The topological polar surface area (TPSA) is 201 Å². The Labute approximate surface area is 224 Å². The van der Waals surface area contributed by atoms with Gasteiger partial charge >= 0.3 is 0 Å². The average Bonchev–Trinajstić information content (AvgIpc) is 3.29. The third-order valence-corrected chi connectivity index (χ3v) is 5.65. The van der Waals surface area contributed by atoms with Crippen molar-refractivity contribution in [2.45, 2.75) is 38.8 Å². The van der Waals surface area contributed by atoms with E-state index in [-0.39, 0.29) is 36.4 Å². The molecular formula is C25H31FN8O5. The number of aromatic nitrogens is 2. The van der Waals surface area contributed by atoms with Crippen molar-refractivity contribution < 1.29 is 28.4 Å². The molecule has 2 rings (SSSR count). The minimum Gasteiger partial charge on any atom is -0.368 e. The van der Waals surface area contributed by atoms with Gasteiger partial charge in [0.2, 0.25) is 23.6 Å². The van der Waals surface area contributed by atoms with Crippen LogP contribution in [0.15, 0.2) is 30.7 Å². The normalized spacial score (nSPS) is 12.1. The second-order valence-corrected chi connectivity index (χ2v) is 9.05. The van der Waals surface area contributed by atoms with Crippen molar-refractivity contribution in [2.24, 2.45) is 18.7 Å². The maximum absolute atomic E-state index is 13.6. The summed E-state index contributed by atoms with van der Waals surface area (Å²) in [6.45, 7) is 2.91. The van der Waals surface area contributed by atoms with Gasteiger partial charge in [-0.1, -0.05) is 13.8 Å². The Morgan fingerprint density at radius 3 is 2.44 bits per heavy atom. The number of primary amides is 1. The van der Waals surface area contributed by atoms with E-state index in [1.165, 1.54) is 18.6 Å². The zero-order chi connectivity index (χ0) is 29.1. The van der Waals surface area contributed by atoms with Crippen LogP contribution < -0.4 is 27.0 Å². The van der Waals surface area contributed by atoms with Gasteiger partial charge in [0.15, 0.2) is 0 Å². The Morgan fingerprint density at radius 2 is 1.85 bits per heavy atom. The maximum Gasteiger partial charge on any atom is 0.251 e. The minimum atomic E-state index is -1.03. The molecule has 1 aromatic heterocycles. The van der Waals surface area contributed by atoms with Crippen molar-refractivity contribution >= 4 is 29.5 Å². The van der Waals surface area contributed by atoms with Crippen molar-refractivity contribution in [2.75, 3.05) is 13.1 Å². The molecule has 2 aromatic rings. The molecule has 0 fully saturated rings. The summed E-state index contributed by atoms with van der Waals surface area (Å²) in [6.07, 6.45) is 2.98. The van der Waals surface area contributed by atoms with Gasteiger partial charge in [0.1, 0.15) is 24.0 Å². The van der Waals surface area contributed by atoms with Crippen LogP contribution in [-0.2, 0) is 32.6 Å². The number of benzene rings is 1. The molecule has 0 saturated carbocycles. The number of carbonyl (C=O) groups is 5. The molecular weight excluding hydrogens is 510 g/mol. The highest BCUT2D eigenvalue weighted by Gasteiger charge is 2.26. The molecule has 208 valence electrons. The maximum atomic E-state index is 13.6. The van der Waals surface area contributed by atoms with E-state index in [0.29, 0.717) is 5.69 Å². The van der Waals surface area contributed by atoms with Gasteiger partial charge in [0, 0.05) is 43.9 Å². The zero-order valence-electron chi connectivity index (χ0n) is 21.8. The van der Waals surface area contributed by atoms with E-state index in [9.17, 15) is 28.4 Å². The number of rotatable bonds is 13. The highest BCUT2D eigenvalue weighted by atomic mass is 18.2. The summed E-state index contributed by atoms with van der Waals surface area (Å²) in [6, 6.07) is 2.93. The molecule has 1 heterocycles. The fourth-order valence-corrected chi connectivity index (χ4v) is 3.48. The summed E-state index contributed by atoms with van der Waals surface area (Å²) < 4.78 is 15.2. The lowest BCUT2D eigenvalue weighted by Gasteiger charge is -2.22. The first-order valence-electron chi connectivity index (χ1n) is 12.0. The largest absolute Gasteiger partial charge is 0.368 e. The van der Waals surface area contributed by atoms with E-state index < -0.39 is 54.0 Å². The second kappa shape index (κ2) is 14.2. The molecule has 14 heteroatoms. The SMILES string of the molecule is CC(C)[C@H](NC(=O)c1ccc([18F])c(C#N)c1)C(=O)NCCC(=O)N[C@@H](Cc1cncn1C)C(=O)NCC(N)=O. The highest BCUT2D eigenvalue weighted by Crippen LogP contribution is 2.11. The number of nitriles is 1. The van der Waals surface area contributed by atoms with Gasteiger partial charge in [-0.25, -0.2) is 9.37 Å². The molecule has 0 spiro atoms. The summed E-state index contributed by atoms with van der Waals surface area (Å²) in [5.74, 6) is -4.23. The van der Waals surface area contributed by atoms with Crippen LogP contribution in [0.3, 0.4) is 0 Å². The summed E-state index contributed by atoms with van der Waals surface area (Å²) in [7, 11) is 1.72. The third-order valence-electron chi connectivity index (χ3n) is 5.65. The fourth-order valence-electron chi connectivity index (χ4n) is 3.48. The molecule has 0 unspecified atom stereocenters. The van der Waals surface area contributed by atoms with Gasteiger partial charge in [0.25, 0.3) is 5.91 Å². The van der Waals surface area contributed by atoms with Crippen LogP contribution >= 0.6 is 0 Å². The number of hydrogen-bond donors (Lipinski definition) is 5. The van der Waals surface area contributed by atoms with Crippen LogP contribution in [0.2, 0.25) is 0 Å². The Hall–Kier alpha value is -4.80. The van der Waals surface area contributed by atoms with E-state index >= 15 is 0 Å². The molecule has 0 aliphatic carbocycles. The number of aryl methyl sites for hydroxylation is 1. The fraction of sp³-hybridized carbons (Fsp3) is 0.400. The standard InChI is InChI=1S/C25H31FN8O5/c1-14(2)22(33-23(37)15-4-5-18(26)16(8-15)10-27)25(39)30-7-6-21(36)32-19(24(38)31-12-20(28)35)9-17-11-29-13-34(17)3/h4-5,8,11,13-14,19,22H,6-7,9,12H2,1-3H3,(H2,28,35)(H,30,39)(H,31,38)(H,32,36)(H,33,37)/t19-,22-/m0/s1/i26-1. The average molecular weight is 542 g/mol. The zero-order valence-corrected chi connectivity index (χ0v) is 21.8. The molecule has 0 aliphatic heterocycles. The predicted octanol–water partition coefficient (Wildman–Crippen LogP) is -0.979. The van der Waals surface area contributed by atoms with Gasteiger partial charge in [-0.15, -0.1) is 0 Å². The first-order valence-corrected chi connectivity index (χ1v) is 12.0. The molecule has 2 atom stereocenters. The Morgan fingerprint density at radius 1 is 1.13 bits per heavy atom. The molecule has 39 heavy (non-hydrogen) atoms. The number of nitrogens with zero attached hydrogens (tertiary/aromatic N) is 3. The van der Waals surface area contributed by atoms with Crippen molar-refractivity contribution in [3.05, 3.63) is 53.4 Å². The first-order chi connectivity index (χ1) is 18.4. The van der Waals surface area contributed by atoms with Crippen molar-refractivity contribution in [3.63, 3.8) is 0 Å². The van der Waals surface area contributed by atoms with Gasteiger partial charge in [0.05, 0.1) is 18.4 Å². The van der Waals surface area contributed by atoms with Gasteiger partial charge < -0.3 is 31.6 Å². The van der Waals surface area contributed by atoms with E-state index in [2.05, 4.69) is 26.3 Å². The van der Waals surface area contributed by atoms with Gasteiger partial charge in [-0.05, 0) is 24.1 Å². The molecule has 5 amide bonds. The number of nitrogens with one attached hydrogen (secondary N) is 4. The molecule has 1 aromatic carbocycles. The Kier molecular flexibility index (Phi) is 11.1. The smallest absolute Gasteiger partial charge is 0.251 e. The lowest BCUT2D eigenvalue weighted by molar-refractivity contribution is -0.130. The number of carbonyl (C=O) groups excluding carboxylic acids is 5. The quantitative estimate of drug-likeness (QED) is 0.214. The van der Waals surface area contributed by atoms with Gasteiger partial charge in [-0.3, -0.25) is 24.0 Å². The Balaban J connectivity index is 1.96. The molecule has 0 aliphatic rings. The molecule has 0 radical (unpaired) electrons. The van der Waals surface area contributed by atoms with Crippen LogP contribution in [0.4, 0.5) is 4.39 Å². The third kappa shape index (κ3) is 9.22. The van der Waals surface area contributed by atoms with E-state index in [4.69, 9.17) is 11.0 Å². The van der Waals surface area contributed by atoms with E-state index in [1.807, 2.05) is 0 Å². The number of nitrogens with two attached hydrogens (primary N) is 1. The number of imidazole rings is 1. The second-order valence-electron chi connectivity index (χ2n) is 9.05. The lowest BCUT2D eigenvalue weighted by Crippen LogP contribution is -2.51. The van der Waals surface area contributed by atoms with Crippen LogP contribution in [-0.4, -0.2) is 64.3 Å². The summed E-state index contributed by atoms with van der Waals surface area (Å²) >= 11 is 0. The van der Waals surface area contributed by atoms with Crippen molar-refractivity contribution in [1.29, 1.82) is 5.26 Å². The monoisotopic (exact) mass is 541 g/mol. The van der Waals surface area contributed by atoms with Crippen LogP contribution in [0.25, 0.3) is 0 Å². The summed E-state index contributed by atoms with van der Waals surface area (Å²) in [5, 5.41) is 19.0. The van der Waals surface area contributed by atoms with E-state index in [1.54, 1.807) is 31.5 Å². The molecule has 6 N–H and O–H groups in total. The molecule has 0 saturated heterocycles. The minimum absolute atomic E-state index is 0.0138. The number of hydrogen-bond acceptors (Lipinski definition) is 7. The highest BCUT2D eigenvalue weighted by molar-refractivity contribution is 5.98. The van der Waals surface area contributed by atoms with Gasteiger partial charge in [-0.2, -0.15) is 5.26 Å². The summed E-state index contributed by atoms with van der Waals surface area (Å²) in [4.78, 5) is 65.5. The number of halogens is 1. The lowest BCUT2D eigenvalue weighted by atomic mass is 10.0. The Bertz CT molecular complexity index is 1270. The molecule has 0 bridgehead atoms.